The second kappa shape index (κ2) is 4.06. The van der Waals surface area contributed by atoms with E-state index >= 15 is 0 Å². The monoisotopic (exact) mass is 106 g/mol. The molecule has 0 aromatic carbocycles. The quantitative estimate of drug-likeness (QED) is 0.397. The molecule has 0 aromatic heterocycles. The van der Waals surface area contributed by atoms with Crippen LogP contribution in [0.25, 0.3) is 0 Å². The first-order chi connectivity index (χ1) is 3.39. The molecule has 0 saturated carbocycles. The van der Waals surface area contributed by atoms with Gasteiger partial charge in [0.15, 0.2) is 0 Å². The van der Waals surface area contributed by atoms with Gasteiger partial charge in [0, 0.05) is 6.42 Å². The maximum absolute atomic E-state index is 8.77. The Labute approximate surface area is 63.4 Å². The van der Waals surface area contributed by atoms with Crippen LogP contribution in [0, 0.1) is 0 Å². The smallest absolute Gasteiger partial charge is 1.00 e. The third-order valence-corrected chi connectivity index (χ3v) is 1.27. The second-order valence-corrected chi connectivity index (χ2v) is 1.94. The molecule has 1 nitrogen and oxygen atoms in total. The summed E-state index contributed by atoms with van der Waals surface area (Å²) in [4.78, 5) is 0. The molecule has 0 radical (unpaired) electrons. The zero-order chi connectivity index (χ0) is 5.11. The molecule has 1 rings (SSSR count). The van der Waals surface area contributed by atoms with Gasteiger partial charge >= 0.3 is 18.9 Å². The zero-order valence-electron chi connectivity index (χ0n) is 6.35. The zero-order valence-corrected chi connectivity index (χ0v) is 5.35. The van der Waals surface area contributed by atoms with Gasteiger partial charge in [-0.3, -0.25) is 0 Å². The Balaban J connectivity index is 0. The molecule has 1 aliphatic rings. The number of aliphatic hydroxyl groups excluding tert-OH is 1. The maximum atomic E-state index is 8.77. The molecule has 8 heavy (non-hydrogen) atoms. The Morgan fingerprint density at radius 2 is 2.25 bits per heavy atom. The van der Waals surface area contributed by atoms with E-state index in [1.807, 2.05) is 6.08 Å². The van der Waals surface area contributed by atoms with Gasteiger partial charge in [-0.2, -0.15) is 0 Å². The Bertz CT molecular complexity index is 93.1. The van der Waals surface area contributed by atoms with Gasteiger partial charge in [-0.1, -0.05) is 0 Å². The van der Waals surface area contributed by atoms with Crippen LogP contribution in [0.5, 0.6) is 0 Å². The van der Waals surface area contributed by atoms with Crippen LogP contribution in [0.3, 0.4) is 0 Å². The first kappa shape index (κ1) is 8.14. The molecule has 1 N–H and O–H groups in total. The Morgan fingerprint density at radius 1 is 1.50 bits per heavy atom. The minimum atomic E-state index is 0. The minimum absolute atomic E-state index is 0. The second-order valence-electron chi connectivity index (χ2n) is 1.94. The van der Waals surface area contributed by atoms with Crippen LogP contribution in [-0.4, -0.2) is 5.11 Å². The summed E-state index contributed by atoms with van der Waals surface area (Å²) in [6.45, 7) is 0. The fourth-order valence-electron chi connectivity index (χ4n) is 0.821. The molecule has 0 heterocycles. The van der Waals surface area contributed by atoms with E-state index < -0.39 is 0 Å². The summed E-state index contributed by atoms with van der Waals surface area (Å²) in [7, 11) is 0. The van der Waals surface area contributed by atoms with Gasteiger partial charge in [0.1, 0.15) is 0 Å². The standard InChI is InChI=1S/C6H10O.Li.H/c7-6-4-2-1-3-5-6;;/h4,7H,1-3,5H2;;/q;+1;-1. The average molecular weight is 106 g/mol. The molecule has 0 saturated heterocycles. The van der Waals surface area contributed by atoms with Crippen LogP contribution in [-0.2, 0) is 0 Å². The van der Waals surface area contributed by atoms with Gasteiger partial charge in [-0.05, 0) is 25.3 Å². The molecule has 0 amide bonds. The number of rotatable bonds is 0. The van der Waals surface area contributed by atoms with Gasteiger partial charge in [0.25, 0.3) is 0 Å². The summed E-state index contributed by atoms with van der Waals surface area (Å²) >= 11 is 0. The third-order valence-electron chi connectivity index (χ3n) is 1.27. The van der Waals surface area contributed by atoms with Gasteiger partial charge < -0.3 is 6.53 Å². The Morgan fingerprint density at radius 3 is 2.50 bits per heavy atom. The molecule has 1 aliphatic carbocycles. The normalized spacial score (nSPS) is 18.8. The molecule has 0 aromatic rings. The Hall–Kier alpha value is 0.137. The molecule has 0 fully saturated rings. The summed E-state index contributed by atoms with van der Waals surface area (Å²) in [6.07, 6.45) is 6.31. The maximum Gasteiger partial charge on any atom is 1.00 e. The van der Waals surface area contributed by atoms with E-state index in [0.717, 1.165) is 12.8 Å². The number of aliphatic hydroxyl groups is 1. The van der Waals surface area contributed by atoms with Crippen LogP contribution < -0.4 is 18.9 Å². The van der Waals surface area contributed by atoms with Crippen molar-refractivity contribution in [2.45, 2.75) is 25.7 Å². The summed E-state index contributed by atoms with van der Waals surface area (Å²) in [6, 6.07) is 0. The summed E-state index contributed by atoms with van der Waals surface area (Å²) < 4.78 is 0. The van der Waals surface area contributed by atoms with Crippen molar-refractivity contribution >= 4 is 0 Å². The first-order valence-electron chi connectivity index (χ1n) is 2.77. The van der Waals surface area contributed by atoms with E-state index in [9.17, 15) is 0 Å². The Kier molecular flexibility index (Phi) is 4.13. The van der Waals surface area contributed by atoms with Crippen molar-refractivity contribution in [3.8, 4) is 0 Å². The van der Waals surface area contributed by atoms with Crippen LogP contribution >= 0.6 is 0 Å². The number of hydrogen-bond donors (Lipinski definition) is 1. The predicted octanol–water partition coefficient (Wildman–Crippen LogP) is -0.881. The largest absolute Gasteiger partial charge is 1.00 e. The van der Waals surface area contributed by atoms with E-state index in [0.29, 0.717) is 5.76 Å². The fourth-order valence-corrected chi connectivity index (χ4v) is 0.821. The predicted molar refractivity (Wildman–Crippen MR) is 30.3 cm³/mol. The van der Waals surface area contributed by atoms with Crippen molar-refractivity contribution in [1.29, 1.82) is 0 Å². The van der Waals surface area contributed by atoms with E-state index in [2.05, 4.69) is 0 Å². The molecular weight excluding hydrogens is 95.0 g/mol. The summed E-state index contributed by atoms with van der Waals surface area (Å²) in [5.74, 6) is 0.589. The average Bonchev–Trinajstić information content (AvgIpc) is 1.69. The minimum Gasteiger partial charge on any atom is -1.00 e. The molecular formula is C6H11LiO. The van der Waals surface area contributed by atoms with Crippen molar-refractivity contribution in [3.05, 3.63) is 11.8 Å². The van der Waals surface area contributed by atoms with Crippen LogP contribution in [0.4, 0.5) is 0 Å². The topological polar surface area (TPSA) is 20.2 Å². The van der Waals surface area contributed by atoms with Gasteiger partial charge in [-0.25, -0.2) is 0 Å². The van der Waals surface area contributed by atoms with Crippen LogP contribution in [0.2, 0.25) is 0 Å². The van der Waals surface area contributed by atoms with E-state index in [1.54, 1.807) is 0 Å². The van der Waals surface area contributed by atoms with Crippen molar-refractivity contribution in [2.24, 2.45) is 0 Å². The molecule has 42 valence electrons. The molecule has 0 unspecified atom stereocenters. The molecule has 0 aliphatic heterocycles. The van der Waals surface area contributed by atoms with Crippen LogP contribution in [0.1, 0.15) is 27.1 Å². The first-order valence-corrected chi connectivity index (χ1v) is 2.77. The summed E-state index contributed by atoms with van der Waals surface area (Å²) in [5, 5.41) is 8.77. The fraction of sp³-hybridized carbons (Fsp3) is 0.667. The third kappa shape index (κ3) is 2.45. The van der Waals surface area contributed by atoms with Crippen molar-refractivity contribution in [2.75, 3.05) is 0 Å². The molecule has 0 spiro atoms. The van der Waals surface area contributed by atoms with Crippen molar-refractivity contribution in [1.82, 2.24) is 0 Å². The van der Waals surface area contributed by atoms with Gasteiger partial charge in [-0.15, -0.1) is 0 Å². The van der Waals surface area contributed by atoms with Gasteiger partial charge in [0.05, 0.1) is 5.76 Å². The molecule has 0 atom stereocenters. The van der Waals surface area contributed by atoms with Crippen molar-refractivity contribution in [3.63, 3.8) is 0 Å². The van der Waals surface area contributed by atoms with Gasteiger partial charge in [0.2, 0.25) is 0 Å². The summed E-state index contributed by atoms with van der Waals surface area (Å²) in [5.41, 5.74) is 0. The van der Waals surface area contributed by atoms with Crippen LogP contribution in [0.15, 0.2) is 11.8 Å². The molecule has 0 bridgehead atoms. The van der Waals surface area contributed by atoms with E-state index in [4.69, 9.17) is 5.11 Å². The molecule has 2 heteroatoms. The van der Waals surface area contributed by atoms with E-state index in [-0.39, 0.29) is 20.3 Å². The SMILES string of the molecule is OC1=CCCCC1.[H-].[Li+]. The van der Waals surface area contributed by atoms with E-state index in [1.165, 1.54) is 12.8 Å². The number of allylic oxidation sites excluding steroid dienone is 2. The number of hydrogen-bond acceptors (Lipinski definition) is 1. The van der Waals surface area contributed by atoms with Crippen molar-refractivity contribution < 1.29 is 25.4 Å².